The molecule has 0 aromatic carbocycles. The fraction of sp³-hybridized carbons (Fsp3) is 1.00. The Labute approximate surface area is 94.4 Å². The molecular weight excluding hydrogens is 184 g/mol. The zero-order chi connectivity index (χ0) is 10.8. The molecular formula is C13H26N2. The van der Waals surface area contributed by atoms with E-state index >= 15 is 0 Å². The highest BCUT2D eigenvalue weighted by Crippen LogP contribution is 2.24. The molecule has 2 saturated heterocycles. The standard InChI is InChI=1S/C13H26N2/c1-10-6-11(2)8-15(7-10)9-13-4-5-14-12(13)3/h10-14H,4-9H2,1-3H3. The Morgan fingerprint density at radius 1 is 1.13 bits per heavy atom. The van der Waals surface area contributed by atoms with Gasteiger partial charge in [-0.2, -0.15) is 0 Å². The maximum absolute atomic E-state index is 3.55. The van der Waals surface area contributed by atoms with Crippen molar-refractivity contribution in [2.45, 2.75) is 39.7 Å². The molecule has 1 N–H and O–H groups in total. The first kappa shape index (κ1) is 11.4. The third kappa shape index (κ3) is 2.94. The quantitative estimate of drug-likeness (QED) is 0.749. The van der Waals surface area contributed by atoms with Crippen LogP contribution in [0.15, 0.2) is 0 Å². The second-order valence-corrected chi connectivity index (χ2v) is 5.96. The van der Waals surface area contributed by atoms with Gasteiger partial charge in [-0.1, -0.05) is 13.8 Å². The van der Waals surface area contributed by atoms with E-state index in [9.17, 15) is 0 Å². The van der Waals surface area contributed by atoms with E-state index in [1.54, 1.807) is 0 Å². The molecule has 15 heavy (non-hydrogen) atoms. The second kappa shape index (κ2) is 4.84. The van der Waals surface area contributed by atoms with Crippen molar-refractivity contribution in [2.24, 2.45) is 17.8 Å². The first-order valence-electron chi connectivity index (χ1n) is 6.61. The highest BCUT2D eigenvalue weighted by atomic mass is 15.1. The minimum atomic E-state index is 0.734. The zero-order valence-electron chi connectivity index (χ0n) is 10.5. The van der Waals surface area contributed by atoms with Crippen molar-refractivity contribution < 1.29 is 0 Å². The first-order valence-corrected chi connectivity index (χ1v) is 6.61. The predicted molar refractivity (Wildman–Crippen MR) is 65.0 cm³/mol. The molecule has 2 rings (SSSR count). The van der Waals surface area contributed by atoms with Crippen LogP contribution in [0.25, 0.3) is 0 Å². The Bertz CT molecular complexity index is 195. The van der Waals surface area contributed by atoms with Gasteiger partial charge in [0, 0.05) is 25.7 Å². The van der Waals surface area contributed by atoms with Crippen molar-refractivity contribution in [1.82, 2.24) is 10.2 Å². The smallest absolute Gasteiger partial charge is 0.00796 e. The Balaban J connectivity index is 1.83. The van der Waals surface area contributed by atoms with Gasteiger partial charge in [0.05, 0.1) is 0 Å². The number of nitrogens with one attached hydrogen (secondary N) is 1. The third-order valence-corrected chi connectivity index (χ3v) is 4.13. The molecule has 2 heteroatoms. The summed E-state index contributed by atoms with van der Waals surface area (Å²) in [4.78, 5) is 2.70. The number of hydrogen-bond donors (Lipinski definition) is 1. The second-order valence-electron chi connectivity index (χ2n) is 5.96. The van der Waals surface area contributed by atoms with Gasteiger partial charge in [-0.15, -0.1) is 0 Å². The summed E-state index contributed by atoms with van der Waals surface area (Å²) in [6, 6.07) is 0.734. The van der Waals surface area contributed by atoms with Gasteiger partial charge in [0.15, 0.2) is 0 Å². The van der Waals surface area contributed by atoms with Gasteiger partial charge in [-0.25, -0.2) is 0 Å². The lowest BCUT2D eigenvalue weighted by molar-refractivity contribution is 0.119. The normalized spacial score (nSPS) is 43.4. The van der Waals surface area contributed by atoms with E-state index in [-0.39, 0.29) is 0 Å². The molecule has 0 spiro atoms. The Morgan fingerprint density at radius 2 is 1.80 bits per heavy atom. The van der Waals surface area contributed by atoms with Crippen LogP contribution in [0.3, 0.4) is 0 Å². The third-order valence-electron chi connectivity index (χ3n) is 4.13. The molecule has 0 radical (unpaired) electrons. The number of hydrogen-bond acceptors (Lipinski definition) is 2. The highest BCUT2D eigenvalue weighted by Gasteiger charge is 2.28. The van der Waals surface area contributed by atoms with E-state index in [2.05, 4.69) is 31.0 Å². The summed E-state index contributed by atoms with van der Waals surface area (Å²) in [7, 11) is 0. The number of piperidine rings is 1. The molecule has 2 fully saturated rings. The Hall–Kier alpha value is -0.0800. The molecule has 0 amide bonds. The van der Waals surface area contributed by atoms with Crippen LogP contribution in [0.1, 0.15) is 33.6 Å². The predicted octanol–water partition coefficient (Wildman–Crippen LogP) is 1.96. The zero-order valence-corrected chi connectivity index (χ0v) is 10.5. The van der Waals surface area contributed by atoms with Crippen molar-refractivity contribution in [3.63, 3.8) is 0 Å². The van der Waals surface area contributed by atoms with E-state index in [0.717, 1.165) is 23.8 Å². The highest BCUT2D eigenvalue weighted by molar-refractivity contribution is 4.84. The van der Waals surface area contributed by atoms with Gasteiger partial charge in [0.25, 0.3) is 0 Å². The van der Waals surface area contributed by atoms with Crippen molar-refractivity contribution in [2.75, 3.05) is 26.2 Å². The van der Waals surface area contributed by atoms with Gasteiger partial charge in [0.2, 0.25) is 0 Å². The van der Waals surface area contributed by atoms with Gasteiger partial charge in [-0.05, 0) is 44.1 Å². The monoisotopic (exact) mass is 210 g/mol. The molecule has 0 aromatic rings. The Morgan fingerprint density at radius 3 is 2.33 bits per heavy atom. The number of rotatable bonds is 2. The summed E-state index contributed by atoms with van der Waals surface area (Å²) in [5.41, 5.74) is 0. The minimum absolute atomic E-state index is 0.734. The molecule has 4 atom stereocenters. The van der Waals surface area contributed by atoms with E-state index in [1.807, 2.05) is 0 Å². The minimum Gasteiger partial charge on any atom is -0.314 e. The fourth-order valence-corrected chi connectivity index (χ4v) is 3.44. The van der Waals surface area contributed by atoms with Crippen molar-refractivity contribution >= 4 is 0 Å². The van der Waals surface area contributed by atoms with Crippen LogP contribution in [0.4, 0.5) is 0 Å². The van der Waals surface area contributed by atoms with E-state index in [1.165, 1.54) is 39.0 Å². The van der Waals surface area contributed by atoms with Crippen molar-refractivity contribution in [3.05, 3.63) is 0 Å². The van der Waals surface area contributed by atoms with Crippen LogP contribution in [-0.2, 0) is 0 Å². The molecule has 0 aromatic heterocycles. The van der Waals surface area contributed by atoms with Gasteiger partial charge < -0.3 is 10.2 Å². The lowest BCUT2D eigenvalue weighted by atomic mass is 9.90. The van der Waals surface area contributed by atoms with Crippen LogP contribution in [0.2, 0.25) is 0 Å². The summed E-state index contributed by atoms with van der Waals surface area (Å²) < 4.78 is 0. The molecule has 0 saturated carbocycles. The maximum atomic E-state index is 3.55. The lowest BCUT2D eigenvalue weighted by Gasteiger charge is -2.37. The van der Waals surface area contributed by atoms with E-state index < -0.39 is 0 Å². The summed E-state index contributed by atoms with van der Waals surface area (Å²) in [6.07, 6.45) is 2.80. The first-order chi connectivity index (χ1) is 7.15. The lowest BCUT2D eigenvalue weighted by Crippen LogP contribution is -2.43. The molecule has 2 nitrogen and oxygen atoms in total. The molecule has 2 heterocycles. The van der Waals surface area contributed by atoms with Crippen LogP contribution in [0, 0.1) is 17.8 Å². The van der Waals surface area contributed by atoms with Gasteiger partial charge in [-0.3, -0.25) is 0 Å². The van der Waals surface area contributed by atoms with Crippen LogP contribution in [0.5, 0.6) is 0 Å². The Kier molecular flexibility index (Phi) is 3.68. The average molecular weight is 210 g/mol. The average Bonchev–Trinajstić information content (AvgIpc) is 2.50. The number of likely N-dealkylation sites (tertiary alicyclic amines) is 1. The maximum Gasteiger partial charge on any atom is 0.00796 e. The van der Waals surface area contributed by atoms with Gasteiger partial charge >= 0.3 is 0 Å². The van der Waals surface area contributed by atoms with E-state index in [0.29, 0.717) is 0 Å². The summed E-state index contributed by atoms with van der Waals surface area (Å²) in [6.45, 7) is 12.3. The van der Waals surface area contributed by atoms with Gasteiger partial charge in [0.1, 0.15) is 0 Å². The summed E-state index contributed by atoms with van der Waals surface area (Å²) >= 11 is 0. The molecule has 0 aliphatic carbocycles. The fourth-order valence-electron chi connectivity index (χ4n) is 3.44. The molecule has 0 bridgehead atoms. The summed E-state index contributed by atoms with van der Waals surface area (Å²) in [5, 5.41) is 3.55. The molecule has 4 unspecified atom stereocenters. The molecule has 88 valence electrons. The summed E-state index contributed by atoms with van der Waals surface area (Å²) in [5.74, 6) is 2.69. The van der Waals surface area contributed by atoms with E-state index in [4.69, 9.17) is 0 Å². The number of nitrogens with zero attached hydrogens (tertiary/aromatic N) is 1. The van der Waals surface area contributed by atoms with Crippen LogP contribution >= 0.6 is 0 Å². The van der Waals surface area contributed by atoms with Crippen molar-refractivity contribution in [3.8, 4) is 0 Å². The molecule has 2 aliphatic heterocycles. The van der Waals surface area contributed by atoms with Crippen LogP contribution in [-0.4, -0.2) is 37.1 Å². The molecule has 2 aliphatic rings. The SMILES string of the molecule is CC1CC(C)CN(CC2CCNC2C)C1. The largest absolute Gasteiger partial charge is 0.314 e. The van der Waals surface area contributed by atoms with Crippen molar-refractivity contribution in [1.29, 1.82) is 0 Å². The van der Waals surface area contributed by atoms with Crippen LogP contribution < -0.4 is 5.32 Å². The topological polar surface area (TPSA) is 15.3 Å².